The van der Waals surface area contributed by atoms with Gasteiger partial charge in [0.15, 0.2) is 5.69 Å². The van der Waals surface area contributed by atoms with E-state index >= 15 is 0 Å². The lowest BCUT2D eigenvalue weighted by atomic mass is 10.0. The Hall–Kier alpha value is -2.16. The lowest BCUT2D eigenvalue weighted by Crippen LogP contribution is -2.07. The second kappa shape index (κ2) is 5.00. The molecule has 0 fully saturated rings. The zero-order valence-electron chi connectivity index (χ0n) is 10.7. The zero-order valence-corrected chi connectivity index (χ0v) is 10.7. The third-order valence-electron chi connectivity index (χ3n) is 2.69. The second-order valence-corrected chi connectivity index (χ2v) is 4.26. The lowest BCUT2D eigenvalue weighted by Gasteiger charge is -2.07. The SMILES string of the molecule is COc1cccnc1C(=O)c1cc(C)cc(C)c1. The van der Waals surface area contributed by atoms with Crippen LogP contribution in [0.2, 0.25) is 0 Å². The highest BCUT2D eigenvalue weighted by atomic mass is 16.5. The summed E-state index contributed by atoms with van der Waals surface area (Å²) >= 11 is 0. The van der Waals surface area contributed by atoms with Crippen molar-refractivity contribution in [3.05, 3.63) is 58.9 Å². The number of carbonyl (C=O) groups is 1. The molecule has 0 radical (unpaired) electrons. The molecule has 0 bridgehead atoms. The third kappa shape index (κ3) is 2.40. The van der Waals surface area contributed by atoms with Crippen LogP contribution in [0.25, 0.3) is 0 Å². The van der Waals surface area contributed by atoms with Crippen LogP contribution in [0.15, 0.2) is 36.5 Å². The van der Waals surface area contributed by atoms with Crippen LogP contribution < -0.4 is 4.74 Å². The van der Waals surface area contributed by atoms with Crippen molar-refractivity contribution in [3.63, 3.8) is 0 Å². The van der Waals surface area contributed by atoms with Crippen LogP contribution in [0.1, 0.15) is 27.2 Å². The second-order valence-electron chi connectivity index (χ2n) is 4.26. The van der Waals surface area contributed by atoms with E-state index in [0.29, 0.717) is 17.0 Å². The van der Waals surface area contributed by atoms with Gasteiger partial charge in [0.2, 0.25) is 5.78 Å². The van der Waals surface area contributed by atoms with E-state index in [0.717, 1.165) is 11.1 Å². The maximum absolute atomic E-state index is 12.4. The van der Waals surface area contributed by atoms with Gasteiger partial charge < -0.3 is 4.74 Å². The molecule has 1 aromatic heterocycles. The molecular weight excluding hydrogens is 226 g/mol. The summed E-state index contributed by atoms with van der Waals surface area (Å²) < 4.78 is 5.17. The van der Waals surface area contributed by atoms with E-state index in [2.05, 4.69) is 4.98 Å². The van der Waals surface area contributed by atoms with E-state index in [1.807, 2.05) is 32.0 Å². The largest absolute Gasteiger partial charge is 0.494 e. The molecule has 0 aliphatic heterocycles. The van der Waals surface area contributed by atoms with Gasteiger partial charge in [0.05, 0.1) is 7.11 Å². The maximum atomic E-state index is 12.4. The molecule has 2 rings (SSSR count). The summed E-state index contributed by atoms with van der Waals surface area (Å²) in [6.07, 6.45) is 1.60. The minimum atomic E-state index is -0.112. The fraction of sp³-hybridized carbons (Fsp3) is 0.200. The van der Waals surface area contributed by atoms with Crippen LogP contribution in [0.3, 0.4) is 0 Å². The molecule has 0 aliphatic rings. The Kier molecular flexibility index (Phi) is 3.42. The van der Waals surface area contributed by atoms with Crippen LogP contribution in [-0.2, 0) is 0 Å². The molecule has 2 aromatic rings. The number of ketones is 1. The highest BCUT2D eigenvalue weighted by molar-refractivity contribution is 6.09. The van der Waals surface area contributed by atoms with E-state index in [4.69, 9.17) is 4.74 Å². The highest BCUT2D eigenvalue weighted by Crippen LogP contribution is 2.20. The Bertz CT molecular complexity index is 571. The number of hydrogen-bond donors (Lipinski definition) is 0. The van der Waals surface area contributed by atoms with Crippen molar-refractivity contribution >= 4 is 5.78 Å². The smallest absolute Gasteiger partial charge is 0.215 e. The summed E-state index contributed by atoms with van der Waals surface area (Å²) in [6.45, 7) is 3.94. The number of aryl methyl sites for hydroxylation is 2. The summed E-state index contributed by atoms with van der Waals surface area (Å²) in [7, 11) is 1.54. The Morgan fingerprint density at radius 2 is 1.83 bits per heavy atom. The van der Waals surface area contributed by atoms with Crippen molar-refractivity contribution in [3.8, 4) is 5.75 Å². The average Bonchev–Trinajstić information content (AvgIpc) is 2.36. The molecule has 0 spiro atoms. The van der Waals surface area contributed by atoms with Crippen molar-refractivity contribution in [2.45, 2.75) is 13.8 Å². The molecule has 18 heavy (non-hydrogen) atoms. The van der Waals surface area contributed by atoms with Gasteiger partial charge in [-0.15, -0.1) is 0 Å². The minimum absolute atomic E-state index is 0.112. The normalized spacial score (nSPS) is 10.2. The molecule has 92 valence electrons. The molecule has 0 N–H and O–H groups in total. The predicted octanol–water partition coefficient (Wildman–Crippen LogP) is 2.94. The molecule has 1 aromatic carbocycles. The van der Waals surface area contributed by atoms with Gasteiger partial charge in [0.25, 0.3) is 0 Å². The first kappa shape index (κ1) is 12.3. The van der Waals surface area contributed by atoms with Crippen LogP contribution in [-0.4, -0.2) is 17.9 Å². The first-order chi connectivity index (χ1) is 8.61. The van der Waals surface area contributed by atoms with Crippen molar-refractivity contribution in [1.29, 1.82) is 0 Å². The topological polar surface area (TPSA) is 39.2 Å². The standard InChI is InChI=1S/C15H15NO2/c1-10-7-11(2)9-12(8-10)15(17)14-13(18-3)5-4-6-16-14/h4-9H,1-3H3. The van der Waals surface area contributed by atoms with Gasteiger partial charge in [-0.2, -0.15) is 0 Å². The number of benzene rings is 1. The van der Waals surface area contributed by atoms with E-state index in [1.165, 1.54) is 7.11 Å². The van der Waals surface area contributed by atoms with Gasteiger partial charge in [0, 0.05) is 11.8 Å². The molecule has 0 saturated heterocycles. The number of methoxy groups -OCH3 is 1. The molecule has 0 atom stereocenters. The molecule has 3 nitrogen and oxygen atoms in total. The van der Waals surface area contributed by atoms with Gasteiger partial charge in [0.1, 0.15) is 5.75 Å². The van der Waals surface area contributed by atoms with Crippen LogP contribution in [0.5, 0.6) is 5.75 Å². The van der Waals surface area contributed by atoms with Crippen LogP contribution in [0, 0.1) is 13.8 Å². The van der Waals surface area contributed by atoms with Gasteiger partial charge in [-0.3, -0.25) is 4.79 Å². The van der Waals surface area contributed by atoms with E-state index in [-0.39, 0.29) is 5.78 Å². The fourth-order valence-corrected chi connectivity index (χ4v) is 1.97. The van der Waals surface area contributed by atoms with E-state index in [1.54, 1.807) is 18.3 Å². The van der Waals surface area contributed by atoms with E-state index < -0.39 is 0 Å². The molecule has 3 heteroatoms. The summed E-state index contributed by atoms with van der Waals surface area (Å²) in [6, 6.07) is 9.25. The third-order valence-corrected chi connectivity index (χ3v) is 2.69. The summed E-state index contributed by atoms with van der Waals surface area (Å²) in [4.78, 5) is 16.5. The van der Waals surface area contributed by atoms with Crippen molar-refractivity contribution < 1.29 is 9.53 Å². The van der Waals surface area contributed by atoms with E-state index in [9.17, 15) is 4.79 Å². The van der Waals surface area contributed by atoms with Crippen molar-refractivity contribution in [2.24, 2.45) is 0 Å². The number of aromatic nitrogens is 1. The number of carbonyl (C=O) groups excluding carboxylic acids is 1. The number of pyridine rings is 1. The first-order valence-corrected chi connectivity index (χ1v) is 5.74. The molecular formula is C15H15NO2. The summed E-state index contributed by atoms with van der Waals surface area (Å²) in [5.41, 5.74) is 3.12. The van der Waals surface area contributed by atoms with Crippen LogP contribution >= 0.6 is 0 Å². The van der Waals surface area contributed by atoms with Gasteiger partial charge >= 0.3 is 0 Å². The van der Waals surface area contributed by atoms with Gasteiger partial charge in [-0.05, 0) is 38.1 Å². The van der Waals surface area contributed by atoms with Crippen molar-refractivity contribution in [2.75, 3.05) is 7.11 Å². The van der Waals surface area contributed by atoms with Gasteiger partial charge in [-0.25, -0.2) is 4.98 Å². The molecule has 1 heterocycles. The predicted molar refractivity (Wildman–Crippen MR) is 70.1 cm³/mol. The summed E-state index contributed by atoms with van der Waals surface area (Å²) in [5, 5.41) is 0. The number of nitrogens with zero attached hydrogens (tertiary/aromatic N) is 1. The molecule has 0 amide bonds. The fourth-order valence-electron chi connectivity index (χ4n) is 1.97. The minimum Gasteiger partial charge on any atom is -0.494 e. The number of hydrogen-bond acceptors (Lipinski definition) is 3. The molecule has 0 aliphatic carbocycles. The highest BCUT2D eigenvalue weighted by Gasteiger charge is 2.15. The Morgan fingerprint density at radius 1 is 1.17 bits per heavy atom. The Labute approximate surface area is 106 Å². The monoisotopic (exact) mass is 241 g/mol. The first-order valence-electron chi connectivity index (χ1n) is 5.74. The summed E-state index contributed by atoms with van der Waals surface area (Å²) in [5.74, 6) is 0.390. The molecule has 0 saturated carbocycles. The average molecular weight is 241 g/mol. The maximum Gasteiger partial charge on any atom is 0.215 e. The van der Waals surface area contributed by atoms with Crippen molar-refractivity contribution in [1.82, 2.24) is 4.98 Å². The Balaban J connectivity index is 2.47. The lowest BCUT2D eigenvalue weighted by molar-refractivity contribution is 0.103. The quantitative estimate of drug-likeness (QED) is 0.775. The zero-order chi connectivity index (χ0) is 13.1. The van der Waals surface area contributed by atoms with Crippen LogP contribution in [0.4, 0.5) is 0 Å². The Morgan fingerprint density at radius 3 is 2.44 bits per heavy atom. The van der Waals surface area contributed by atoms with Gasteiger partial charge in [-0.1, -0.05) is 17.2 Å². The molecule has 0 unspecified atom stereocenters. The number of rotatable bonds is 3. The number of ether oxygens (including phenoxy) is 1.